The van der Waals surface area contributed by atoms with Crippen molar-refractivity contribution < 1.29 is 23.9 Å². The molecule has 1 fully saturated rings. The molecule has 0 radical (unpaired) electrons. The molecule has 2 N–H and O–H groups in total. The van der Waals surface area contributed by atoms with Gasteiger partial charge in [0.2, 0.25) is 5.91 Å². The normalized spacial score (nSPS) is 24.4. The Bertz CT molecular complexity index is 918. The average Bonchev–Trinajstić information content (AvgIpc) is 2.65. The summed E-state index contributed by atoms with van der Waals surface area (Å²) < 4.78 is 10.7. The Kier molecular flexibility index (Phi) is 4.18. The third-order valence-electron chi connectivity index (χ3n) is 5.15. The maximum absolute atomic E-state index is 12.7. The van der Waals surface area contributed by atoms with E-state index in [1.165, 1.54) is 14.2 Å². The summed E-state index contributed by atoms with van der Waals surface area (Å²) in [7, 11) is 3.07. The number of aliphatic imine (C=N–C) groups is 1. The average molecular weight is 369 g/mol. The number of benzene rings is 1. The summed E-state index contributed by atoms with van der Waals surface area (Å²) in [6.45, 7) is 0. The van der Waals surface area contributed by atoms with Crippen LogP contribution in [0.5, 0.6) is 11.5 Å². The van der Waals surface area contributed by atoms with Gasteiger partial charge in [0.25, 0.3) is 0 Å². The minimum atomic E-state index is -0.776. The summed E-state index contributed by atoms with van der Waals surface area (Å²) in [5.74, 6) is -0.453. The number of amides is 3. The lowest BCUT2D eigenvalue weighted by Crippen LogP contribution is -2.58. The van der Waals surface area contributed by atoms with E-state index in [9.17, 15) is 14.4 Å². The Labute approximate surface area is 155 Å². The third kappa shape index (κ3) is 2.77. The molecule has 1 aromatic carbocycles. The molecule has 0 saturated carbocycles. The van der Waals surface area contributed by atoms with Crippen LogP contribution in [-0.4, -0.2) is 37.8 Å². The zero-order chi connectivity index (χ0) is 19.1. The first-order valence-corrected chi connectivity index (χ1v) is 8.72. The molecule has 8 heteroatoms. The number of nitrogens with zero attached hydrogens (tertiary/aromatic N) is 1. The van der Waals surface area contributed by atoms with Gasteiger partial charge in [0.15, 0.2) is 17.3 Å². The van der Waals surface area contributed by atoms with Crippen molar-refractivity contribution >= 4 is 23.6 Å². The van der Waals surface area contributed by atoms with Crippen LogP contribution in [0.1, 0.15) is 30.7 Å². The van der Waals surface area contributed by atoms with Crippen molar-refractivity contribution in [3.63, 3.8) is 0 Å². The molecule has 0 bridgehead atoms. The van der Waals surface area contributed by atoms with Gasteiger partial charge in [-0.15, -0.1) is 0 Å². The molecule has 2 heterocycles. The molecular weight excluding hydrogens is 350 g/mol. The number of Topliss-reactive ketones (excluding diaryl/α,β-unsaturated/α-hetero) is 1. The highest BCUT2D eigenvalue weighted by Gasteiger charge is 2.46. The van der Waals surface area contributed by atoms with Gasteiger partial charge < -0.3 is 9.47 Å². The topological polar surface area (TPSA) is 106 Å². The molecule has 2 aliphatic heterocycles. The Balaban J connectivity index is 1.89. The number of fused-ring (bicyclic) bond motifs is 1. The maximum atomic E-state index is 12.7. The second kappa shape index (κ2) is 6.53. The first-order chi connectivity index (χ1) is 13.0. The predicted molar refractivity (Wildman–Crippen MR) is 95.8 cm³/mol. The summed E-state index contributed by atoms with van der Waals surface area (Å²) >= 11 is 0. The fourth-order valence-electron chi connectivity index (χ4n) is 3.98. The third-order valence-corrected chi connectivity index (χ3v) is 5.15. The van der Waals surface area contributed by atoms with Gasteiger partial charge in [-0.2, -0.15) is 0 Å². The minimum Gasteiger partial charge on any atom is -0.493 e. The molecule has 1 saturated heterocycles. The highest BCUT2D eigenvalue weighted by atomic mass is 16.5. The number of rotatable bonds is 3. The first kappa shape index (κ1) is 17.3. The van der Waals surface area contributed by atoms with Crippen molar-refractivity contribution in [2.75, 3.05) is 14.2 Å². The standard InChI is InChI=1S/C19H19N3O5/c1-26-12-7-6-9(8-13(12)27-2)14-15-10(4-3-5-11(15)23)20-17-16(14)18(24)22-19(25)21-17/h6-8,14,16H,3-5H2,1-2H3,(H2,20,21,22,24,25). The van der Waals surface area contributed by atoms with Crippen molar-refractivity contribution in [2.24, 2.45) is 10.9 Å². The molecule has 2 unspecified atom stereocenters. The highest BCUT2D eigenvalue weighted by Crippen LogP contribution is 2.45. The second-order valence-corrected chi connectivity index (χ2v) is 6.65. The van der Waals surface area contributed by atoms with Crippen LogP contribution in [0.4, 0.5) is 4.79 Å². The number of methoxy groups -OCH3 is 2. The van der Waals surface area contributed by atoms with E-state index in [1.807, 2.05) is 6.07 Å². The molecule has 27 heavy (non-hydrogen) atoms. The second-order valence-electron chi connectivity index (χ2n) is 6.65. The molecule has 3 amide bonds. The van der Waals surface area contributed by atoms with E-state index < -0.39 is 23.8 Å². The zero-order valence-corrected chi connectivity index (χ0v) is 15.0. The fraction of sp³-hybridized carbons (Fsp3) is 0.368. The lowest BCUT2D eigenvalue weighted by molar-refractivity contribution is -0.123. The number of allylic oxidation sites excluding steroid dienone is 2. The Morgan fingerprint density at radius 3 is 2.52 bits per heavy atom. The minimum absolute atomic E-state index is 0.0106. The van der Waals surface area contributed by atoms with Crippen LogP contribution >= 0.6 is 0 Å². The van der Waals surface area contributed by atoms with Crippen molar-refractivity contribution in [1.82, 2.24) is 10.6 Å². The van der Waals surface area contributed by atoms with Gasteiger partial charge in [0.05, 0.1) is 14.2 Å². The number of imide groups is 1. The Morgan fingerprint density at radius 2 is 1.78 bits per heavy atom. The summed E-state index contributed by atoms with van der Waals surface area (Å²) in [6, 6.07) is 4.72. The van der Waals surface area contributed by atoms with Crippen LogP contribution in [0, 0.1) is 5.92 Å². The number of hydrogen-bond donors (Lipinski definition) is 2. The molecule has 140 valence electrons. The van der Waals surface area contributed by atoms with E-state index >= 15 is 0 Å². The molecule has 2 atom stereocenters. The molecule has 1 aliphatic carbocycles. The van der Waals surface area contributed by atoms with E-state index in [4.69, 9.17) is 9.47 Å². The summed E-state index contributed by atoms with van der Waals surface area (Å²) in [5, 5.41) is 4.91. The van der Waals surface area contributed by atoms with Gasteiger partial charge in [0, 0.05) is 23.6 Å². The maximum Gasteiger partial charge on any atom is 0.326 e. The monoisotopic (exact) mass is 369 g/mol. The number of ether oxygens (including phenoxy) is 2. The molecule has 3 aliphatic rings. The van der Waals surface area contributed by atoms with Crippen LogP contribution < -0.4 is 20.1 Å². The molecule has 4 rings (SSSR count). The summed E-state index contributed by atoms with van der Waals surface area (Å²) in [6.07, 6.45) is 1.77. The molecule has 0 aromatic heterocycles. The zero-order valence-electron chi connectivity index (χ0n) is 15.0. The van der Waals surface area contributed by atoms with Crippen LogP contribution in [0.2, 0.25) is 0 Å². The molecular formula is C19H19N3O5. The van der Waals surface area contributed by atoms with E-state index in [0.717, 1.165) is 5.56 Å². The van der Waals surface area contributed by atoms with Crippen LogP contribution in [0.25, 0.3) is 0 Å². The summed E-state index contributed by atoms with van der Waals surface area (Å²) in [4.78, 5) is 41.6. The van der Waals surface area contributed by atoms with Gasteiger partial charge >= 0.3 is 6.03 Å². The number of carbonyl (C=O) groups excluding carboxylic acids is 3. The van der Waals surface area contributed by atoms with Crippen molar-refractivity contribution in [1.29, 1.82) is 0 Å². The van der Waals surface area contributed by atoms with Crippen molar-refractivity contribution in [3.8, 4) is 11.5 Å². The SMILES string of the molecule is COc1ccc(C2C3=C(CCCC3=O)N=C3NC(=O)NC(=O)C32)cc1OC. The van der Waals surface area contributed by atoms with Gasteiger partial charge in [-0.3, -0.25) is 20.2 Å². The number of urea groups is 1. The quantitative estimate of drug-likeness (QED) is 0.843. The van der Waals surface area contributed by atoms with Gasteiger partial charge in [-0.1, -0.05) is 6.07 Å². The predicted octanol–water partition coefficient (Wildman–Crippen LogP) is 1.66. The van der Waals surface area contributed by atoms with Crippen LogP contribution in [0.3, 0.4) is 0 Å². The van der Waals surface area contributed by atoms with Gasteiger partial charge in [-0.25, -0.2) is 9.79 Å². The smallest absolute Gasteiger partial charge is 0.326 e. The van der Waals surface area contributed by atoms with E-state index in [0.29, 0.717) is 42.0 Å². The molecule has 0 spiro atoms. The lowest BCUT2D eigenvalue weighted by atomic mass is 9.72. The van der Waals surface area contributed by atoms with E-state index in [2.05, 4.69) is 15.6 Å². The van der Waals surface area contributed by atoms with E-state index in [-0.39, 0.29) is 11.6 Å². The largest absolute Gasteiger partial charge is 0.493 e. The molecule has 1 aromatic rings. The Hall–Kier alpha value is -3.16. The lowest BCUT2D eigenvalue weighted by Gasteiger charge is -2.37. The van der Waals surface area contributed by atoms with Gasteiger partial charge in [-0.05, 0) is 30.5 Å². The van der Waals surface area contributed by atoms with Crippen molar-refractivity contribution in [2.45, 2.75) is 25.2 Å². The molecule has 8 nitrogen and oxygen atoms in total. The fourth-order valence-corrected chi connectivity index (χ4v) is 3.98. The van der Waals surface area contributed by atoms with Crippen LogP contribution in [0.15, 0.2) is 34.5 Å². The number of hydrogen-bond acceptors (Lipinski definition) is 6. The van der Waals surface area contributed by atoms with Crippen molar-refractivity contribution in [3.05, 3.63) is 35.0 Å². The first-order valence-electron chi connectivity index (χ1n) is 8.72. The van der Waals surface area contributed by atoms with Crippen LogP contribution in [-0.2, 0) is 9.59 Å². The number of nitrogens with one attached hydrogen (secondary N) is 2. The highest BCUT2D eigenvalue weighted by molar-refractivity contribution is 6.20. The Morgan fingerprint density at radius 1 is 1.00 bits per heavy atom. The number of carbonyl (C=O) groups is 3. The summed E-state index contributed by atoms with van der Waals surface area (Å²) in [5.41, 5.74) is 1.93. The number of amidine groups is 1. The van der Waals surface area contributed by atoms with Gasteiger partial charge in [0.1, 0.15) is 11.8 Å². The van der Waals surface area contributed by atoms with E-state index in [1.54, 1.807) is 12.1 Å². The number of ketones is 1.